The Bertz CT molecular complexity index is 1000. The van der Waals surface area contributed by atoms with Crippen LogP contribution in [-0.2, 0) is 16.0 Å². The third-order valence-corrected chi connectivity index (χ3v) is 5.56. The van der Waals surface area contributed by atoms with Crippen LogP contribution in [0.2, 0.25) is 0 Å². The Kier molecular flexibility index (Phi) is 4.58. The first-order valence-electron chi connectivity index (χ1n) is 9.21. The molecule has 1 fully saturated rings. The molecule has 3 N–H and O–H groups in total. The molecule has 1 aromatic heterocycles. The molecular formula is C21H22N2O4. The minimum absolute atomic E-state index is 0.0319. The van der Waals surface area contributed by atoms with Gasteiger partial charge in [-0.15, -0.1) is 0 Å². The number of aliphatic hydroxyl groups is 1. The molecule has 1 aliphatic heterocycles. The van der Waals surface area contributed by atoms with E-state index in [2.05, 4.69) is 17.1 Å². The number of para-hydroxylation sites is 2. The number of aliphatic carboxylic acids is 1. The van der Waals surface area contributed by atoms with Crippen LogP contribution in [0.5, 0.6) is 0 Å². The van der Waals surface area contributed by atoms with Crippen LogP contribution in [0.25, 0.3) is 21.8 Å². The van der Waals surface area contributed by atoms with Gasteiger partial charge in [0.1, 0.15) is 0 Å². The van der Waals surface area contributed by atoms with E-state index in [0.29, 0.717) is 32.4 Å². The number of carbonyl (C=O) groups is 2. The van der Waals surface area contributed by atoms with Crippen molar-refractivity contribution in [3.8, 4) is 0 Å². The third-order valence-electron chi connectivity index (χ3n) is 5.56. The van der Waals surface area contributed by atoms with Crippen molar-refractivity contribution in [3.05, 3.63) is 48.0 Å². The van der Waals surface area contributed by atoms with Gasteiger partial charge in [-0.2, -0.15) is 0 Å². The molecule has 4 rings (SSSR count). The summed E-state index contributed by atoms with van der Waals surface area (Å²) < 4.78 is 0. The van der Waals surface area contributed by atoms with Gasteiger partial charge < -0.3 is 20.1 Å². The van der Waals surface area contributed by atoms with Gasteiger partial charge in [0.05, 0.1) is 11.9 Å². The fourth-order valence-electron chi connectivity index (χ4n) is 4.02. The highest BCUT2D eigenvalue weighted by Gasteiger charge is 2.31. The molecule has 2 aromatic carbocycles. The fraction of sp³-hybridized carbons (Fsp3) is 0.333. The molecule has 0 aliphatic carbocycles. The number of rotatable bonds is 4. The zero-order valence-electron chi connectivity index (χ0n) is 14.9. The van der Waals surface area contributed by atoms with Gasteiger partial charge >= 0.3 is 5.97 Å². The van der Waals surface area contributed by atoms with Gasteiger partial charge in [0.2, 0.25) is 5.91 Å². The minimum Gasteiger partial charge on any atom is -0.479 e. The summed E-state index contributed by atoms with van der Waals surface area (Å²) >= 11 is 0. The first-order valence-corrected chi connectivity index (χ1v) is 9.21. The molecule has 1 atom stereocenters. The second-order valence-corrected chi connectivity index (χ2v) is 7.19. The number of carboxylic acids is 1. The Morgan fingerprint density at radius 3 is 2.52 bits per heavy atom. The smallest absolute Gasteiger partial charge is 0.332 e. The second-order valence-electron chi connectivity index (χ2n) is 7.19. The first-order chi connectivity index (χ1) is 13.0. The molecule has 1 saturated heterocycles. The van der Waals surface area contributed by atoms with E-state index < -0.39 is 12.1 Å². The summed E-state index contributed by atoms with van der Waals surface area (Å²) in [6.45, 7) is 0.965. The van der Waals surface area contributed by atoms with Crippen molar-refractivity contribution >= 4 is 33.7 Å². The molecule has 0 bridgehead atoms. The van der Waals surface area contributed by atoms with Crippen LogP contribution in [0.4, 0.5) is 0 Å². The van der Waals surface area contributed by atoms with Crippen molar-refractivity contribution in [2.24, 2.45) is 5.92 Å². The number of aromatic nitrogens is 1. The number of piperidine rings is 1. The largest absolute Gasteiger partial charge is 0.479 e. The van der Waals surface area contributed by atoms with E-state index in [4.69, 9.17) is 5.11 Å². The highest BCUT2D eigenvalue weighted by atomic mass is 16.4. The molecule has 6 nitrogen and oxygen atoms in total. The number of benzene rings is 2. The lowest BCUT2D eigenvalue weighted by Crippen LogP contribution is -2.43. The monoisotopic (exact) mass is 366 g/mol. The van der Waals surface area contributed by atoms with Gasteiger partial charge in [0, 0.05) is 29.4 Å². The van der Waals surface area contributed by atoms with Crippen molar-refractivity contribution in [2.45, 2.75) is 25.4 Å². The van der Waals surface area contributed by atoms with E-state index in [1.807, 2.05) is 30.3 Å². The third kappa shape index (κ3) is 3.28. The predicted molar refractivity (Wildman–Crippen MR) is 102 cm³/mol. The number of hydrogen-bond donors (Lipinski definition) is 3. The van der Waals surface area contributed by atoms with Gasteiger partial charge in [-0.25, -0.2) is 4.79 Å². The fourth-order valence-corrected chi connectivity index (χ4v) is 4.02. The maximum Gasteiger partial charge on any atom is 0.332 e. The number of likely N-dealkylation sites (tertiary alicyclic amines) is 1. The summed E-state index contributed by atoms with van der Waals surface area (Å²) in [4.78, 5) is 28.9. The summed E-state index contributed by atoms with van der Waals surface area (Å²) in [6, 6.07) is 14.1. The number of aromatic amines is 1. The summed E-state index contributed by atoms with van der Waals surface area (Å²) in [6.07, 6.45) is -0.0237. The maximum absolute atomic E-state index is 12.8. The van der Waals surface area contributed by atoms with Crippen molar-refractivity contribution in [2.75, 3.05) is 13.1 Å². The normalized spacial score (nSPS) is 16.7. The van der Waals surface area contributed by atoms with Crippen LogP contribution < -0.4 is 0 Å². The molecule has 0 radical (unpaired) electrons. The number of fused-ring (bicyclic) bond motifs is 3. The predicted octanol–water partition coefficient (Wildman–Crippen LogP) is 2.55. The first kappa shape index (κ1) is 17.5. The van der Waals surface area contributed by atoms with Gasteiger partial charge in [-0.3, -0.25) is 4.79 Å². The van der Waals surface area contributed by atoms with E-state index in [0.717, 1.165) is 27.4 Å². The Hall–Kier alpha value is -2.86. The van der Waals surface area contributed by atoms with E-state index in [-0.39, 0.29) is 11.8 Å². The standard InChI is InChI=1S/C21H22N2O4/c24-18(23-10-8-13(9-11-23)20(25)21(26)27)12-14-4-3-6-16-15-5-1-2-7-17(15)22-19(14)16/h1-7,13,20,22,25H,8-12H2,(H,26,27). The molecule has 140 valence electrons. The molecule has 0 saturated carbocycles. The van der Waals surface area contributed by atoms with Gasteiger partial charge in [0.25, 0.3) is 0 Å². The average molecular weight is 366 g/mol. The SMILES string of the molecule is O=C(O)C(O)C1CCN(C(=O)Cc2cccc3c2[nH]c2ccccc23)CC1. The van der Waals surface area contributed by atoms with Crippen molar-refractivity contribution < 1.29 is 19.8 Å². The molecule has 6 heteroatoms. The van der Waals surface area contributed by atoms with E-state index in [9.17, 15) is 14.7 Å². The van der Waals surface area contributed by atoms with Gasteiger partial charge in [-0.1, -0.05) is 36.4 Å². The Balaban J connectivity index is 1.50. The molecule has 1 amide bonds. The minimum atomic E-state index is -1.35. The molecule has 3 aromatic rings. The molecular weight excluding hydrogens is 344 g/mol. The number of nitrogens with zero attached hydrogens (tertiary/aromatic N) is 1. The lowest BCUT2D eigenvalue weighted by molar-refractivity contribution is -0.151. The number of amides is 1. The summed E-state index contributed by atoms with van der Waals surface area (Å²) in [5.41, 5.74) is 3.00. The molecule has 27 heavy (non-hydrogen) atoms. The quantitative estimate of drug-likeness (QED) is 0.661. The molecule has 1 unspecified atom stereocenters. The van der Waals surface area contributed by atoms with Crippen molar-refractivity contribution in [1.29, 1.82) is 0 Å². The van der Waals surface area contributed by atoms with Crippen LogP contribution in [0, 0.1) is 5.92 Å². The lowest BCUT2D eigenvalue weighted by atomic mass is 9.91. The van der Waals surface area contributed by atoms with Crippen LogP contribution >= 0.6 is 0 Å². The lowest BCUT2D eigenvalue weighted by Gasteiger charge is -2.33. The zero-order valence-corrected chi connectivity index (χ0v) is 14.9. The number of nitrogens with one attached hydrogen (secondary N) is 1. The van der Waals surface area contributed by atoms with Gasteiger partial charge in [-0.05, 0) is 30.4 Å². The highest BCUT2D eigenvalue weighted by Crippen LogP contribution is 2.28. The zero-order chi connectivity index (χ0) is 19.0. The van der Waals surface area contributed by atoms with Crippen LogP contribution in [-0.4, -0.2) is 51.2 Å². The summed E-state index contributed by atoms with van der Waals surface area (Å²) in [5.74, 6) is -1.45. The number of carbonyl (C=O) groups excluding carboxylic acids is 1. The van der Waals surface area contributed by atoms with Crippen LogP contribution in [0.3, 0.4) is 0 Å². The summed E-state index contributed by atoms with van der Waals surface area (Å²) in [7, 11) is 0. The number of aliphatic hydroxyl groups excluding tert-OH is 1. The van der Waals surface area contributed by atoms with E-state index in [1.165, 1.54) is 0 Å². The average Bonchev–Trinajstić information content (AvgIpc) is 3.07. The van der Waals surface area contributed by atoms with Crippen molar-refractivity contribution in [3.63, 3.8) is 0 Å². The number of H-pyrrole nitrogens is 1. The van der Waals surface area contributed by atoms with Gasteiger partial charge in [0.15, 0.2) is 6.10 Å². The van der Waals surface area contributed by atoms with E-state index >= 15 is 0 Å². The van der Waals surface area contributed by atoms with Crippen LogP contribution in [0.1, 0.15) is 18.4 Å². The molecule has 2 heterocycles. The second kappa shape index (κ2) is 7.04. The maximum atomic E-state index is 12.8. The number of carboxylic acid groups (broad SMARTS) is 1. The van der Waals surface area contributed by atoms with Crippen molar-refractivity contribution in [1.82, 2.24) is 9.88 Å². The Morgan fingerprint density at radius 1 is 1.07 bits per heavy atom. The molecule has 1 aliphatic rings. The number of hydrogen-bond acceptors (Lipinski definition) is 3. The summed E-state index contributed by atoms with van der Waals surface area (Å²) in [5, 5.41) is 20.9. The Morgan fingerprint density at radius 2 is 1.78 bits per heavy atom. The molecule has 0 spiro atoms. The van der Waals surface area contributed by atoms with Crippen LogP contribution in [0.15, 0.2) is 42.5 Å². The Labute approximate surface area is 156 Å². The van der Waals surface area contributed by atoms with E-state index in [1.54, 1.807) is 4.90 Å². The highest BCUT2D eigenvalue weighted by molar-refractivity contribution is 6.08. The topological polar surface area (TPSA) is 93.6 Å².